The summed E-state index contributed by atoms with van der Waals surface area (Å²) in [5.41, 5.74) is 1.34. The molecule has 0 saturated carbocycles. The Bertz CT molecular complexity index is 647. The zero-order valence-corrected chi connectivity index (χ0v) is 15.8. The zero-order valence-electron chi connectivity index (χ0n) is 13.4. The number of benzene rings is 1. The Kier molecular flexibility index (Phi) is 9.21. The van der Waals surface area contributed by atoms with E-state index in [9.17, 15) is 8.78 Å². The van der Waals surface area contributed by atoms with Gasteiger partial charge in [-0.05, 0) is 43.2 Å². The Balaban J connectivity index is 0.00000288. The van der Waals surface area contributed by atoms with Crippen LogP contribution in [-0.2, 0) is 13.0 Å². The van der Waals surface area contributed by atoms with Gasteiger partial charge in [0.25, 0.3) is 0 Å². The lowest BCUT2D eigenvalue weighted by Gasteiger charge is -2.11. The lowest BCUT2D eigenvalue weighted by Crippen LogP contribution is -2.38. The van der Waals surface area contributed by atoms with Gasteiger partial charge in [0.15, 0.2) is 5.96 Å². The van der Waals surface area contributed by atoms with E-state index < -0.39 is 0 Å². The summed E-state index contributed by atoms with van der Waals surface area (Å²) in [4.78, 5) is 8.30. The minimum absolute atomic E-state index is 0. The average molecular weight is 446 g/mol. The topological polar surface area (TPSA) is 49.3 Å². The van der Waals surface area contributed by atoms with E-state index in [0.717, 1.165) is 12.0 Å². The maximum absolute atomic E-state index is 13.5. The normalized spacial score (nSPS) is 10.9. The van der Waals surface area contributed by atoms with Crippen molar-refractivity contribution in [1.29, 1.82) is 0 Å². The van der Waals surface area contributed by atoms with Crippen LogP contribution >= 0.6 is 24.0 Å². The first-order valence-corrected chi connectivity index (χ1v) is 7.55. The highest BCUT2D eigenvalue weighted by atomic mass is 127. The quantitative estimate of drug-likeness (QED) is 0.407. The molecule has 1 aromatic carbocycles. The molecule has 0 aliphatic heterocycles. The molecule has 0 saturated heterocycles. The van der Waals surface area contributed by atoms with E-state index in [1.807, 2.05) is 6.92 Å². The van der Waals surface area contributed by atoms with Crippen LogP contribution in [0, 0.1) is 11.6 Å². The molecule has 2 aromatic rings. The highest BCUT2D eigenvalue weighted by molar-refractivity contribution is 14.0. The van der Waals surface area contributed by atoms with Crippen molar-refractivity contribution in [3.63, 3.8) is 0 Å². The number of guanidine groups is 1. The third kappa shape index (κ3) is 6.77. The SMILES string of the molecule is CCNC(=NCc1ncccc1F)NCCc1ccc(F)cc1.I. The second-order valence-corrected chi connectivity index (χ2v) is 4.93. The smallest absolute Gasteiger partial charge is 0.191 e. The van der Waals surface area contributed by atoms with Crippen molar-refractivity contribution in [3.05, 3.63) is 65.5 Å². The van der Waals surface area contributed by atoms with Crippen molar-refractivity contribution in [3.8, 4) is 0 Å². The summed E-state index contributed by atoms with van der Waals surface area (Å²) in [6.45, 7) is 3.46. The zero-order chi connectivity index (χ0) is 16.5. The van der Waals surface area contributed by atoms with Gasteiger partial charge < -0.3 is 10.6 Å². The third-order valence-electron chi connectivity index (χ3n) is 3.19. The van der Waals surface area contributed by atoms with Crippen molar-refractivity contribution in [2.24, 2.45) is 4.99 Å². The van der Waals surface area contributed by atoms with Gasteiger partial charge in [0, 0.05) is 19.3 Å². The van der Waals surface area contributed by atoms with Gasteiger partial charge in [0.2, 0.25) is 0 Å². The molecule has 4 nitrogen and oxygen atoms in total. The maximum atomic E-state index is 13.5. The second kappa shape index (κ2) is 10.9. The van der Waals surface area contributed by atoms with E-state index >= 15 is 0 Å². The summed E-state index contributed by atoms with van der Waals surface area (Å²) in [6.07, 6.45) is 2.28. The molecular weight excluding hydrogens is 425 g/mol. The predicted molar refractivity (Wildman–Crippen MR) is 103 cm³/mol. The number of aliphatic imine (C=N–C) groups is 1. The highest BCUT2D eigenvalue weighted by Gasteiger charge is 2.03. The summed E-state index contributed by atoms with van der Waals surface area (Å²) in [7, 11) is 0. The largest absolute Gasteiger partial charge is 0.357 e. The van der Waals surface area contributed by atoms with Crippen LogP contribution in [0.1, 0.15) is 18.2 Å². The number of hydrogen-bond donors (Lipinski definition) is 2. The Hall–Kier alpha value is -1.77. The molecule has 0 spiro atoms. The standard InChI is InChI=1S/C17H20F2N4.HI/c1-2-20-17(23-12-16-15(19)4-3-10-21-16)22-11-9-13-5-7-14(18)8-6-13;/h3-8,10H,2,9,11-12H2,1H3,(H2,20,22,23);1H. The summed E-state index contributed by atoms with van der Waals surface area (Å²) in [5.74, 6) is -0.00734. The number of pyridine rings is 1. The van der Waals surface area contributed by atoms with Crippen LogP contribution < -0.4 is 10.6 Å². The summed E-state index contributed by atoms with van der Waals surface area (Å²) in [5, 5.41) is 6.26. The first-order valence-electron chi connectivity index (χ1n) is 7.55. The Morgan fingerprint density at radius 1 is 1.12 bits per heavy atom. The van der Waals surface area contributed by atoms with E-state index in [2.05, 4.69) is 20.6 Å². The fraction of sp³-hybridized carbons (Fsp3) is 0.294. The molecule has 2 rings (SSSR count). The van der Waals surface area contributed by atoms with E-state index in [1.54, 1.807) is 24.4 Å². The molecule has 0 bridgehead atoms. The minimum atomic E-state index is -0.363. The Morgan fingerprint density at radius 2 is 1.88 bits per heavy atom. The van der Waals surface area contributed by atoms with Crippen LogP contribution in [0.15, 0.2) is 47.6 Å². The molecule has 1 aromatic heterocycles. The van der Waals surface area contributed by atoms with Crippen molar-refractivity contribution in [1.82, 2.24) is 15.6 Å². The van der Waals surface area contributed by atoms with Gasteiger partial charge in [0.1, 0.15) is 11.6 Å². The van der Waals surface area contributed by atoms with Gasteiger partial charge in [0.05, 0.1) is 12.2 Å². The highest BCUT2D eigenvalue weighted by Crippen LogP contribution is 2.04. The lowest BCUT2D eigenvalue weighted by atomic mass is 10.1. The average Bonchev–Trinajstić information content (AvgIpc) is 2.56. The third-order valence-corrected chi connectivity index (χ3v) is 3.19. The maximum Gasteiger partial charge on any atom is 0.191 e. The fourth-order valence-corrected chi connectivity index (χ4v) is 2.01. The molecule has 0 atom stereocenters. The number of nitrogens with one attached hydrogen (secondary N) is 2. The van der Waals surface area contributed by atoms with Gasteiger partial charge in [-0.15, -0.1) is 24.0 Å². The van der Waals surface area contributed by atoms with Crippen LogP contribution in [0.25, 0.3) is 0 Å². The van der Waals surface area contributed by atoms with Crippen LogP contribution in [-0.4, -0.2) is 24.0 Å². The number of rotatable bonds is 6. The second-order valence-electron chi connectivity index (χ2n) is 4.93. The molecule has 0 aliphatic rings. The molecule has 1 heterocycles. The molecule has 7 heteroatoms. The fourth-order valence-electron chi connectivity index (χ4n) is 2.01. The molecule has 0 amide bonds. The van der Waals surface area contributed by atoms with Gasteiger partial charge in [-0.1, -0.05) is 12.1 Å². The van der Waals surface area contributed by atoms with Gasteiger partial charge >= 0.3 is 0 Å². The Labute approximate surface area is 157 Å². The lowest BCUT2D eigenvalue weighted by molar-refractivity contribution is 0.599. The van der Waals surface area contributed by atoms with Crippen molar-refractivity contribution >= 4 is 29.9 Å². The van der Waals surface area contributed by atoms with E-state index in [4.69, 9.17) is 0 Å². The number of hydrogen-bond acceptors (Lipinski definition) is 2. The molecule has 0 unspecified atom stereocenters. The van der Waals surface area contributed by atoms with E-state index in [-0.39, 0.29) is 42.2 Å². The van der Waals surface area contributed by atoms with Crippen LogP contribution in [0.3, 0.4) is 0 Å². The van der Waals surface area contributed by atoms with Crippen LogP contribution in [0.5, 0.6) is 0 Å². The van der Waals surface area contributed by atoms with Gasteiger partial charge in [-0.25, -0.2) is 13.8 Å². The van der Waals surface area contributed by atoms with Gasteiger partial charge in [-0.2, -0.15) is 0 Å². The first kappa shape index (κ1) is 20.3. The van der Waals surface area contributed by atoms with Crippen LogP contribution in [0.4, 0.5) is 8.78 Å². The molecule has 0 radical (unpaired) electrons. The monoisotopic (exact) mass is 446 g/mol. The number of halogens is 3. The summed E-state index contributed by atoms with van der Waals surface area (Å²) < 4.78 is 26.4. The summed E-state index contributed by atoms with van der Waals surface area (Å²) in [6, 6.07) is 9.31. The van der Waals surface area contributed by atoms with Crippen molar-refractivity contribution < 1.29 is 8.78 Å². The van der Waals surface area contributed by atoms with Crippen molar-refractivity contribution in [2.75, 3.05) is 13.1 Å². The molecule has 24 heavy (non-hydrogen) atoms. The molecule has 2 N–H and O–H groups in total. The number of aromatic nitrogens is 1. The van der Waals surface area contributed by atoms with Crippen LogP contribution in [0.2, 0.25) is 0 Å². The summed E-state index contributed by atoms with van der Waals surface area (Å²) >= 11 is 0. The molecular formula is C17H21F2IN4. The molecule has 0 aliphatic carbocycles. The number of nitrogens with zero attached hydrogens (tertiary/aromatic N) is 2. The minimum Gasteiger partial charge on any atom is -0.357 e. The Morgan fingerprint density at radius 3 is 2.54 bits per heavy atom. The predicted octanol–water partition coefficient (Wildman–Crippen LogP) is 3.28. The first-order chi connectivity index (χ1) is 11.2. The van der Waals surface area contributed by atoms with E-state index in [1.165, 1.54) is 18.2 Å². The van der Waals surface area contributed by atoms with Gasteiger partial charge in [-0.3, -0.25) is 4.98 Å². The molecule has 0 fully saturated rings. The molecule has 130 valence electrons. The van der Waals surface area contributed by atoms with Crippen molar-refractivity contribution in [2.45, 2.75) is 19.9 Å². The van der Waals surface area contributed by atoms with E-state index in [0.29, 0.717) is 24.7 Å².